The molecule has 1 aromatic carbocycles. The summed E-state index contributed by atoms with van der Waals surface area (Å²) in [4.78, 5) is 37.4. The molecule has 2 aliphatic carbocycles. The second-order valence-electron chi connectivity index (χ2n) is 8.80. The summed E-state index contributed by atoms with van der Waals surface area (Å²) in [5.41, 5.74) is 2.16. The fourth-order valence-corrected chi connectivity index (χ4v) is 4.28. The summed E-state index contributed by atoms with van der Waals surface area (Å²) in [6.07, 6.45) is 17.4. The SMILES string of the molecule is CC(=O)O.O=C1C=CC=CC1=CNCCN1CCN(CCNC=C2C=CC=CC2=O)C1c1ccccc1O.[Cu+].[Cu+]. The molecule has 0 unspecified atom stereocenters. The van der Waals surface area contributed by atoms with E-state index in [-0.39, 0.29) is 57.6 Å². The molecule has 1 aromatic rings. The fourth-order valence-electron chi connectivity index (χ4n) is 4.28. The maximum Gasteiger partial charge on any atom is 1.00 e. The normalized spacial score (nSPS) is 20.1. The predicted octanol–water partition coefficient (Wildman–Crippen LogP) is 2.43. The van der Waals surface area contributed by atoms with E-state index in [0.29, 0.717) is 24.2 Å². The van der Waals surface area contributed by atoms with E-state index in [0.717, 1.165) is 38.7 Å². The van der Waals surface area contributed by atoms with E-state index in [1.807, 2.05) is 30.4 Å². The van der Waals surface area contributed by atoms with Crippen LogP contribution in [0.1, 0.15) is 18.7 Å². The van der Waals surface area contributed by atoms with Crippen molar-refractivity contribution >= 4 is 17.5 Å². The smallest absolute Gasteiger partial charge is 0.508 e. The summed E-state index contributed by atoms with van der Waals surface area (Å²) in [6, 6.07) is 7.46. The topological polar surface area (TPSA) is 122 Å². The van der Waals surface area contributed by atoms with Crippen LogP contribution in [0.15, 0.2) is 96.4 Å². The molecule has 9 nitrogen and oxygen atoms in total. The van der Waals surface area contributed by atoms with Crippen LogP contribution in [-0.2, 0) is 48.5 Å². The Morgan fingerprint density at radius 2 is 1.27 bits per heavy atom. The largest absolute Gasteiger partial charge is 1.00 e. The molecular formula is C29H34Cu2N4O5+2. The molecule has 1 fully saturated rings. The van der Waals surface area contributed by atoms with Gasteiger partial charge in [-0.2, -0.15) is 0 Å². The van der Waals surface area contributed by atoms with Crippen LogP contribution in [0, 0.1) is 0 Å². The molecule has 3 aliphatic rings. The van der Waals surface area contributed by atoms with E-state index in [1.165, 1.54) is 0 Å². The number of ketones is 2. The summed E-state index contributed by atoms with van der Waals surface area (Å²) in [6.45, 7) is 5.70. The molecule has 40 heavy (non-hydrogen) atoms. The summed E-state index contributed by atoms with van der Waals surface area (Å²) in [5, 5.41) is 24.5. The number of allylic oxidation sites excluding steroid dienone is 10. The standard InChI is InChI=1S/C27H30N4O3.C2H4O2.2Cu/c32-24-10-4-1-7-21(24)19-28-13-15-30-17-18-31(27(30)23-9-3-6-12-26(23)34)16-14-29-20-22-8-2-5-11-25(22)33;1-2(3)4;;/h1-12,19-20,27-29,34H,13-18H2;1H3,(H,3,4);;/q;;2*+1. The van der Waals surface area contributed by atoms with Crippen LogP contribution < -0.4 is 10.6 Å². The first-order chi connectivity index (χ1) is 18.4. The van der Waals surface area contributed by atoms with Gasteiger partial charge in [0.15, 0.2) is 11.6 Å². The number of aromatic hydroxyl groups is 1. The Labute approximate surface area is 256 Å². The van der Waals surface area contributed by atoms with E-state index in [1.54, 1.807) is 54.9 Å². The number of hydrogen-bond acceptors (Lipinski definition) is 8. The number of carboxylic acid groups (broad SMARTS) is 1. The number of para-hydroxylation sites is 1. The Hall–Kier alpha value is -3.17. The van der Waals surface area contributed by atoms with Gasteiger partial charge >= 0.3 is 34.1 Å². The molecular weight excluding hydrogens is 611 g/mol. The number of phenols is 1. The van der Waals surface area contributed by atoms with Gasteiger partial charge in [0, 0.05) is 75.3 Å². The first-order valence-electron chi connectivity index (χ1n) is 12.5. The zero-order valence-electron chi connectivity index (χ0n) is 22.0. The predicted molar refractivity (Wildman–Crippen MR) is 146 cm³/mol. The first kappa shape index (κ1) is 34.9. The number of nitrogens with one attached hydrogen (secondary N) is 2. The molecule has 220 valence electrons. The molecule has 0 spiro atoms. The van der Waals surface area contributed by atoms with Crippen molar-refractivity contribution in [3.8, 4) is 5.75 Å². The maximum absolute atomic E-state index is 11.9. The molecule has 0 radical (unpaired) electrons. The summed E-state index contributed by atoms with van der Waals surface area (Å²) in [5.74, 6) is -0.555. The number of benzene rings is 1. The maximum atomic E-state index is 11.9. The van der Waals surface area contributed by atoms with Crippen molar-refractivity contribution in [2.75, 3.05) is 39.3 Å². The number of carboxylic acids is 1. The van der Waals surface area contributed by atoms with Crippen LogP contribution in [0.3, 0.4) is 0 Å². The molecule has 0 bridgehead atoms. The van der Waals surface area contributed by atoms with Gasteiger partial charge in [-0.25, -0.2) is 0 Å². The third-order valence-electron chi connectivity index (χ3n) is 6.02. The minimum Gasteiger partial charge on any atom is -0.508 e. The summed E-state index contributed by atoms with van der Waals surface area (Å²) < 4.78 is 0. The van der Waals surface area contributed by atoms with Crippen LogP contribution in [0.25, 0.3) is 0 Å². The minimum absolute atomic E-state index is 0. The monoisotopic (exact) mass is 644 g/mol. The molecule has 0 atom stereocenters. The van der Waals surface area contributed by atoms with Crippen molar-refractivity contribution in [3.05, 3.63) is 102 Å². The van der Waals surface area contributed by atoms with Crippen molar-refractivity contribution in [1.82, 2.24) is 20.4 Å². The third-order valence-corrected chi connectivity index (χ3v) is 6.02. The van der Waals surface area contributed by atoms with Crippen molar-refractivity contribution < 1.29 is 58.7 Å². The number of hydrogen-bond donors (Lipinski definition) is 4. The van der Waals surface area contributed by atoms with Gasteiger partial charge in [0.2, 0.25) is 0 Å². The Bertz CT molecular complexity index is 1140. The number of rotatable bonds is 9. The first-order valence-corrected chi connectivity index (χ1v) is 12.5. The third kappa shape index (κ3) is 10.8. The van der Waals surface area contributed by atoms with E-state index in [2.05, 4.69) is 20.4 Å². The average molecular weight is 646 g/mol. The molecule has 0 saturated carbocycles. The van der Waals surface area contributed by atoms with Gasteiger partial charge in [-0.15, -0.1) is 0 Å². The minimum atomic E-state index is -0.833. The molecule has 1 aliphatic heterocycles. The Balaban J connectivity index is 0.00000125. The number of carbonyl (C=O) groups excluding carboxylic acids is 2. The van der Waals surface area contributed by atoms with Gasteiger partial charge in [0.1, 0.15) is 5.75 Å². The zero-order valence-corrected chi connectivity index (χ0v) is 23.9. The van der Waals surface area contributed by atoms with Gasteiger partial charge < -0.3 is 20.8 Å². The van der Waals surface area contributed by atoms with Crippen LogP contribution in [0.5, 0.6) is 5.75 Å². The Morgan fingerprint density at radius 1 is 0.850 bits per heavy atom. The number of aliphatic carboxylic acids is 1. The zero-order chi connectivity index (χ0) is 27.3. The quantitative estimate of drug-likeness (QED) is 0.182. The number of phenolic OH excluding ortho intramolecular Hbond substituents is 1. The van der Waals surface area contributed by atoms with Crippen molar-refractivity contribution in [2.45, 2.75) is 13.1 Å². The van der Waals surface area contributed by atoms with Crippen LogP contribution in [-0.4, -0.2) is 76.8 Å². The van der Waals surface area contributed by atoms with Gasteiger partial charge in [0.25, 0.3) is 5.97 Å². The van der Waals surface area contributed by atoms with Crippen molar-refractivity contribution in [3.63, 3.8) is 0 Å². The molecule has 11 heteroatoms. The second-order valence-corrected chi connectivity index (χ2v) is 8.80. The average Bonchev–Trinajstić information content (AvgIpc) is 3.28. The molecule has 0 amide bonds. The number of nitrogens with zero attached hydrogens (tertiary/aromatic N) is 2. The van der Waals surface area contributed by atoms with Gasteiger partial charge in [-0.05, 0) is 30.4 Å². The molecule has 4 N–H and O–H groups in total. The number of carbonyl (C=O) groups is 3. The Kier molecular flexibility index (Phi) is 15.9. The van der Waals surface area contributed by atoms with Crippen molar-refractivity contribution in [2.24, 2.45) is 0 Å². The summed E-state index contributed by atoms with van der Waals surface area (Å²) in [7, 11) is 0. The van der Waals surface area contributed by atoms with Gasteiger partial charge in [-0.1, -0.05) is 42.5 Å². The van der Waals surface area contributed by atoms with E-state index < -0.39 is 5.97 Å². The molecule has 4 rings (SSSR count). The summed E-state index contributed by atoms with van der Waals surface area (Å²) >= 11 is 0. The fraction of sp³-hybridized carbons (Fsp3) is 0.276. The second kappa shape index (κ2) is 18.2. The molecule has 1 saturated heterocycles. The van der Waals surface area contributed by atoms with E-state index >= 15 is 0 Å². The Morgan fingerprint density at radius 3 is 1.70 bits per heavy atom. The van der Waals surface area contributed by atoms with Gasteiger partial charge in [0.05, 0.1) is 6.17 Å². The van der Waals surface area contributed by atoms with Crippen LogP contribution in [0.2, 0.25) is 0 Å². The van der Waals surface area contributed by atoms with Crippen LogP contribution in [0.4, 0.5) is 0 Å². The van der Waals surface area contributed by atoms with Crippen LogP contribution >= 0.6 is 0 Å². The molecule has 1 heterocycles. The van der Waals surface area contributed by atoms with Gasteiger partial charge in [-0.3, -0.25) is 24.2 Å². The molecule has 0 aromatic heterocycles. The van der Waals surface area contributed by atoms with E-state index in [4.69, 9.17) is 9.90 Å². The van der Waals surface area contributed by atoms with Crippen molar-refractivity contribution in [1.29, 1.82) is 0 Å². The van der Waals surface area contributed by atoms with E-state index in [9.17, 15) is 14.7 Å².